The van der Waals surface area contributed by atoms with Gasteiger partial charge in [-0.2, -0.15) is 0 Å². The van der Waals surface area contributed by atoms with E-state index in [1.807, 2.05) is 49.4 Å². The standard InChI is InChI=1S/C21H22O2/c1-15-12-13-19(18-10-6-5-9-17(15)18)21(2,22)14-16-8-4-7-11-20(16)23-3/h4-13,22H,14H2,1-3H3. The van der Waals surface area contributed by atoms with Crippen molar-refractivity contribution in [1.82, 2.24) is 0 Å². The van der Waals surface area contributed by atoms with E-state index in [0.29, 0.717) is 6.42 Å². The summed E-state index contributed by atoms with van der Waals surface area (Å²) in [5, 5.41) is 13.5. The van der Waals surface area contributed by atoms with Crippen LogP contribution in [0.15, 0.2) is 60.7 Å². The second kappa shape index (κ2) is 6.05. The Labute approximate surface area is 137 Å². The fourth-order valence-electron chi connectivity index (χ4n) is 3.23. The first-order chi connectivity index (χ1) is 11.0. The fourth-order valence-corrected chi connectivity index (χ4v) is 3.23. The maximum Gasteiger partial charge on any atom is 0.122 e. The number of fused-ring (bicyclic) bond motifs is 1. The summed E-state index contributed by atoms with van der Waals surface area (Å²) in [5.74, 6) is 0.809. The predicted molar refractivity (Wildman–Crippen MR) is 95.0 cm³/mol. The van der Waals surface area contributed by atoms with Crippen LogP contribution in [0.3, 0.4) is 0 Å². The zero-order chi connectivity index (χ0) is 16.4. The molecule has 0 aliphatic carbocycles. The Morgan fingerprint density at radius 2 is 1.57 bits per heavy atom. The quantitative estimate of drug-likeness (QED) is 0.763. The average Bonchev–Trinajstić information content (AvgIpc) is 2.55. The molecule has 0 bridgehead atoms. The highest BCUT2D eigenvalue weighted by Crippen LogP contribution is 2.34. The smallest absolute Gasteiger partial charge is 0.122 e. The largest absolute Gasteiger partial charge is 0.496 e. The summed E-state index contributed by atoms with van der Waals surface area (Å²) in [6.07, 6.45) is 0.504. The van der Waals surface area contributed by atoms with Gasteiger partial charge < -0.3 is 9.84 Å². The van der Waals surface area contributed by atoms with Crippen LogP contribution in [0.1, 0.15) is 23.6 Å². The van der Waals surface area contributed by atoms with Crippen LogP contribution in [0.4, 0.5) is 0 Å². The van der Waals surface area contributed by atoms with Crippen molar-refractivity contribution in [3.8, 4) is 5.75 Å². The third-order valence-corrected chi connectivity index (χ3v) is 4.45. The molecule has 0 radical (unpaired) electrons. The van der Waals surface area contributed by atoms with Crippen LogP contribution in [-0.4, -0.2) is 12.2 Å². The van der Waals surface area contributed by atoms with Crippen molar-refractivity contribution in [2.45, 2.75) is 25.9 Å². The Morgan fingerprint density at radius 1 is 0.913 bits per heavy atom. The number of para-hydroxylation sites is 1. The molecule has 0 aliphatic heterocycles. The average molecular weight is 306 g/mol. The van der Waals surface area contributed by atoms with Crippen molar-refractivity contribution in [3.63, 3.8) is 0 Å². The van der Waals surface area contributed by atoms with Crippen molar-refractivity contribution in [2.24, 2.45) is 0 Å². The van der Waals surface area contributed by atoms with Gasteiger partial charge in [0.1, 0.15) is 5.75 Å². The molecule has 23 heavy (non-hydrogen) atoms. The molecule has 1 atom stereocenters. The second-order valence-corrected chi connectivity index (χ2v) is 6.24. The first-order valence-corrected chi connectivity index (χ1v) is 7.86. The molecule has 0 fully saturated rings. The first-order valence-electron chi connectivity index (χ1n) is 7.86. The summed E-state index contributed by atoms with van der Waals surface area (Å²) in [5.41, 5.74) is 2.20. The molecule has 1 N–H and O–H groups in total. The van der Waals surface area contributed by atoms with Crippen LogP contribution in [0, 0.1) is 6.92 Å². The number of hydrogen-bond acceptors (Lipinski definition) is 2. The molecule has 3 aromatic carbocycles. The molecule has 118 valence electrons. The van der Waals surface area contributed by atoms with E-state index in [4.69, 9.17) is 4.74 Å². The molecular formula is C21H22O2. The molecule has 3 rings (SSSR count). The monoisotopic (exact) mass is 306 g/mol. The molecule has 0 amide bonds. The van der Waals surface area contributed by atoms with E-state index >= 15 is 0 Å². The summed E-state index contributed by atoms with van der Waals surface area (Å²) >= 11 is 0. The Bertz CT molecular complexity index is 834. The van der Waals surface area contributed by atoms with E-state index in [0.717, 1.165) is 22.3 Å². The summed E-state index contributed by atoms with van der Waals surface area (Å²) in [6, 6.07) is 20.2. The van der Waals surface area contributed by atoms with Gasteiger partial charge in [0.25, 0.3) is 0 Å². The molecule has 0 saturated carbocycles. The van der Waals surface area contributed by atoms with Crippen LogP contribution in [0.2, 0.25) is 0 Å². The Balaban J connectivity index is 2.08. The van der Waals surface area contributed by atoms with Crippen molar-refractivity contribution in [2.75, 3.05) is 7.11 Å². The number of methoxy groups -OCH3 is 1. The lowest BCUT2D eigenvalue weighted by Gasteiger charge is -2.27. The van der Waals surface area contributed by atoms with E-state index < -0.39 is 5.60 Å². The number of hydrogen-bond donors (Lipinski definition) is 1. The van der Waals surface area contributed by atoms with Gasteiger partial charge in [0.05, 0.1) is 12.7 Å². The topological polar surface area (TPSA) is 29.5 Å². The molecule has 0 aliphatic rings. The fraction of sp³-hybridized carbons (Fsp3) is 0.238. The van der Waals surface area contributed by atoms with E-state index in [1.54, 1.807) is 7.11 Å². The van der Waals surface area contributed by atoms with Crippen LogP contribution < -0.4 is 4.74 Å². The van der Waals surface area contributed by atoms with Gasteiger partial charge >= 0.3 is 0 Å². The summed E-state index contributed by atoms with van der Waals surface area (Å²) < 4.78 is 5.42. The molecule has 0 saturated heterocycles. The van der Waals surface area contributed by atoms with E-state index in [1.165, 1.54) is 10.9 Å². The first kappa shape index (κ1) is 15.6. The molecule has 2 nitrogen and oxygen atoms in total. The summed E-state index contributed by atoms with van der Waals surface area (Å²) in [7, 11) is 1.66. The number of benzene rings is 3. The highest BCUT2D eigenvalue weighted by molar-refractivity contribution is 5.89. The SMILES string of the molecule is COc1ccccc1CC(C)(O)c1ccc(C)c2ccccc12. The maximum atomic E-state index is 11.2. The Morgan fingerprint density at radius 3 is 2.30 bits per heavy atom. The Kier molecular flexibility index (Phi) is 4.10. The third kappa shape index (κ3) is 2.95. The summed E-state index contributed by atoms with van der Waals surface area (Å²) in [6.45, 7) is 3.97. The summed E-state index contributed by atoms with van der Waals surface area (Å²) in [4.78, 5) is 0. The van der Waals surface area contributed by atoms with E-state index in [-0.39, 0.29) is 0 Å². The lowest BCUT2D eigenvalue weighted by Crippen LogP contribution is -2.25. The lowest BCUT2D eigenvalue weighted by atomic mass is 9.85. The normalized spacial score (nSPS) is 13.7. The maximum absolute atomic E-state index is 11.2. The minimum absolute atomic E-state index is 0.504. The van der Waals surface area contributed by atoms with Gasteiger partial charge in [-0.3, -0.25) is 0 Å². The minimum atomic E-state index is -0.970. The van der Waals surface area contributed by atoms with Crippen LogP contribution >= 0.6 is 0 Å². The second-order valence-electron chi connectivity index (χ2n) is 6.24. The van der Waals surface area contributed by atoms with Gasteiger partial charge in [-0.05, 0) is 47.4 Å². The lowest BCUT2D eigenvalue weighted by molar-refractivity contribution is 0.0585. The third-order valence-electron chi connectivity index (χ3n) is 4.45. The Hall–Kier alpha value is -2.32. The number of aryl methyl sites for hydroxylation is 1. The number of aliphatic hydroxyl groups is 1. The van der Waals surface area contributed by atoms with E-state index in [9.17, 15) is 5.11 Å². The zero-order valence-corrected chi connectivity index (χ0v) is 13.8. The molecule has 1 unspecified atom stereocenters. The van der Waals surface area contributed by atoms with Crippen molar-refractivity contribution >= 4 is 10.8 Å². The molecule has 3 aromatic rings. The van der Waals surface area contributed by atoms with Gasteiger partial charge in [-0.1, -0.05) is 54.6 Å². The molecule has 0 aromatic heterocycles. The van der Waals surface area contributed by atoms with Crippen LogP contribution in [-0.2, 0) is 12.0 Å². The highest BCUT2D eigenvalue weighted by atomic mass is 16.5. The van der Waals surface area contributed by atoms with Gasteiger partial charge in [0.2, 0.25) is 0 Å². The molecular weight excluding hydrogens is 284 g/mol. The number of rotatable bonds is 4. The van der Waals surface area contributed by atoms with Gasteiger partial charge in [-0.25, -0.2) is 0 Å². The molecule has 0 spiro atoms. The number of ether oxygens (including phenoxy) is 1. The predicted octanol–water partition coefficient (Wildman–Crippen LogP) is 4.61. The molecule has 2 heteroatoms. The van der Waals surface area contributed by atoms with Gasteiger partial charge in [-0.15, -0.1) is 0 Å². The molecule has 0 heterocycles. The highest BCUT2D eigenvalue weighted by Gasteiger charge is 2.27. The van der Waals surface area contributed by atoms with Crippen molar-refractivity contribution in [1.29, 1.82) is 0 Å². The van der Waals surface area contributed by atoms with Crippen molar-refractivity contribution < 1.29 is 9.84 Å². The van der Waals surface area contributed by atoms with Gasteiger partial charge in [0.15, 0.2) is 0 Å². The van der Waals surface area contributed by atoms with Crippen LogP contribution in [0.5, 0.6) is 5.75 Å². The zero-order valence-electron chi connectivity index (χ0n) is 13.8. The van der Waals surface area contributed by atoms with Crippen molar-refractivity contribution in [3.05, 3.63) is 77.4 Å². The minimum Gasteiger partial charge on any atom is -0.496 e. The van der Waals surface area contributed by atoms with E-state index in [2.05, 4.69) is 25.1 Å². The van der Waals surface area contributed by atoms with Gasteiger partial charge in [0, 0.05) is 6.42 Å². The van der Waals surface area contributed by atoms with Crippen LogP contribution in [0.25, 0.3) is 10.8 Å².